The quantitative estimate of drug-likeness (QED) is 0.848. The number of carbonyl (C=O) groups excluding carboxylic acids is 1. The van der Waals surface area contributed by atoms with Crippen molar-refractivity contribution in [3.8, 4) is 0 Å². The molecule has 0 unspecified atom stereocenters. The van der Waals surface area contributed by atoms with Gasteiger partial charge in [0, 0.05) is 5.56 Å². The summed E-state index contributed by atoms with van der Waals surface area (Å²) in [6.45, 7) is 2.78. The zero-order chi connectivity index (χ0) is 13.2. The molecule has 0 spiro atoms. The van der Waals surface area contributed by atoms with Gasteiger partial charge in [-0.15, -0.1) is 0 Å². The van der Waals surface area contributed by atoms with Crippen molar-refractivity contribution < 1.29 is 23.1 Å². The molecule has 0 aliphatic rings. The standard InChI is InChI=1S/C11H15F2NO3/c1-6-7(2)17-8(3)9(6)10(16)14-4-11(12,13)5-15/h15H,4-5H2,1-3H3,(H,14,16). The fourth-order valence-electron chi connectivity index (χ4n) is 1.48. The Morgan fingerprint density at radius 3 is 2.35 bits per heavy atom. The average Bonchev–Trinajstić information content (AvgIpc) is 2.50. The van der Waals surface area contributed by atoms with Gasteiger partial charge in [0.05, 0.1) is 12.1 Å². The lowest BCUT2D eigenvalue weighted by molar-refractivity contribution is -0.0462. The van der Waals surface area contributed by atoms with Gasteiger partial charge in [-0.25, -0.2) is 8.78 Å². The molecule has 0 atom stereocenters. The highest BCUT2D eigenvalue weighted by Crippen LogP contribution is 2.20. The monoisotopic (exact) mass is 247 g/mol. The Morgan fingerprint density at radius 2 is 1.94 bits per heavy atom. The fraction of sp³-hybridized carbons (Fsp3) is 0.545. The Bertz CT molecular complexity index is 427. The summed E-state index contributed by atoms with van der Waals surface area (Å²) in [4.78, 5) is 11.7. The summed E-state index contributed by atoms with van der Waals surface area (Å²) in [6, 6.07) is 0. The predicted molar refractivity (Wildman–Crippen MR) is 57.3 cm³/mol. The lowest BCUT2D eigenvalue weighted by atomic mass is 10.1. The summed E-state index contributed by atoms with van der Waals surface area (Å²) < 4.78 is 30.7. The van der Waals surface area contributed by atoms with Crippen molar-refractivity contribution in [3.63, 3.8) is 0 Å². The molecule has 0 bridgehead atoms. The number of carbonyl (C=O) groups is 1. The molecule has 0 saturated carbocycles. The van der Waals surface area contributed by atoms with Crippen molar-refractivity contribution >= 4 is 5.91 Å². The molecule has 1 aromatic heterocycles. The number of aliphatic hydroxyl groups excluding tert-OH is 1. The van der Waals surface area contributed by atoms with Crippen LogP contribution in [0.2, 0.25) is 0 Å². The van der Waals surface area contributed by atoms with E-state index in [4.69, 9.17) is 9.52 Å². The van der Waals surface area contributed by atoms with Crippen molar-refractivity contribution in [2.24, 2.45) is 0 Å². The minimum atomic E-state index is -3.31. The molecule has 0 aromatic carbocycles. The van der Waals surface area contributed by atoms with Crippen molar-refractivity contribution in [2.75, 3.05) is 13.2 Å². The van der Waals surface area contributed by atoms with E-state index in [1.165, 1.54) is 0 Å². The minimum absolute atomic E-state index is 0.274. The molecule has 0 aliphatic carbocycles. The first-order chi connectivity index (χ1) is 7.78. The van der Waals surface area contributed by atoms with E-state index in [1.54, 1.807) is 20.8 Å². The molecular weight excluding hydrogens is 232 g/mol. The van der Waals surface area contributed by atoms with Crippen molar-refractivity contribution in [2.45, 2.75) is 26.7 Å². The van der Waals surface area contributed by atoms with E-state index in [1.807, 2.05) is 0 Å². The van der Waals surface area contributed by atoms with Gasteiger partial charge < -0.3 is 14.8 Å². The molecule has 1 aromatic rings. The molecule has 0 saturated heterocycles. The fourth-order valence-corrected chi connectivity index (χ4v) is 1.48. The molecule has 0 radical (unpaired) electrons. The van der Waals surface area contributed by atoms with E-state index in [2.05, 4.69) is 5.32 Å². The Kier molecular flexibility index (Phi) is 3.87. The van der Waals surface area contributed by atoms with Crippen LogP contribution in [0.1, 0.15) is 27.4 Å². The molecule has 0 fully saturated rings. The number of alkyl halides is 2. The summed E-state index contributed by atoms with van der Waals surface area (Å²) in [5, 5.41) is 10.4. The smallest absolute Gasteiger partial charge is 0.287 e. The van der Waals surface area contributed by atoms with Gasteiger partial charge >= 0.3 is 0 Å². The van der Waals surface area contributed by atoms with Crippen LogP contribution in [0.5, 0.6) is 0 Å². The molecule has 96 valence electrons. The molecule has 1 rings (SSSR count). The normalized spacial score (nSPS) is 11.6. The first kappa shape index (κ1) is 13.6. The third kappa shape index (κ3) is 3.03. The topological polar surface area (TPSA) is 62.5 Å². The van der Waals surface area contributed by atoms with Crippen LogP contribution < -0.4 is 5.32 Å². The SMILES string of the molecule is Cc1oc(C)c(C(=O)NCC(F)(F)CO)c1C. The van der Waals surface area contributed by atoms with Crippen LogP contribution in [-0.4, -0.2) is 30.1 Å². The second-order valence-electron chi connectivity index (χ2n) is 3.91. The number of hydrogen-bond acceptors (Lipinski definition) is 3. The van der Waals surface area contributed by atoms with Crippen LogP contribution in [-0.2, 0) is 0 Å². The first-order valence-electron chi connectivity index (χ1n) is 5.12. The second kappa shape index (κ2) is 4.83. The highest BCUT2D eigenvalue weighted by Gasteiger charge is 2.29. The van der Waals surface area contributed by atoms with E-state index < -0.39 is 25.0 Å². The second-order valence-corrected chi connectivity index (χ2v) is 3.91. The molecule has 17 heavy (non-hydrogen) atoms. The van der Waals surface area contributed by atoms with Crippen LogP contribution >= 0.6 is 0 Å². The zero-order valence-corrected chi connectivity index (χ0v) is 9.93. The molecule has 6 heteroatoms. The molecule has 0 aliphatic heterocycles. The molecule has 1 amide bonds. The Morgan fingerprint density at radius 1 is 1.35 bits per heavy atom. The van der Waals surface area contributed by atoms with E-state index in [0.717, 1.165) is 0 Å². The number of furan rings is 1. The molecular formula is C11H15F2NO3. The average molecular weight is 247 g/mol. The summed E-state index contributed by atoms with van der Waals surface area (Å²) in [6.07, 6.45) is 0. The van der Waals surface area contributed by atoms with Gasteiger partial charge in [-0.2, -0.15) is 0 Å². The van der Waals surface area contributed by atoms with Crippen molar-refractivity contribution in [3.05, 3.63) is 22.6 Å². The first-order valence-corrected chi connectivity index (χ1v) is 5.12. The van der Waals surface area contributed by atoms with E-state index >= 15 is 0 Å². The summed E-state index contributed by atoms with van der Waals surface area (Å²) >= 11 is 0. The Labute approximate surface area is 97.6 Å². The van der Waals surface area contributed by atoms with E-state index in [-0.39, 0.29) is 5.56 Å². The molecule has 4 nitrogen and oxygen atoms in total. The number of nitrogens with one attached hydrogen (secondary N) is 1. The number of halogens is 2. The summed E-state index contributed by atoms with van der Waals surface area (Å²) in [7, 11) is 0. The minimum Gasteiger partial charge on any atom is -0.466 e. The predicted octanol–water partition coefficient (Wildman–Crippen LogP) is 1.56. The number of aliphatic hydroxyl groups is 1. The number of hydrogen-bond donors (Lipinski definition) is 2. The van der Waals surface area contributed by atoms with Gasteiger partial charge in [0.2, 0.25) is 0 Å². The van der Waals surface area contributed by atoms with Gasteiger partial charge in [-0.3, -0.25) is 4.79 Å². The van der Waals surface area contributed by atoms with Crippen LogP contribution in [0.3, 0.4) is 0 Å². The Hall–Kier alpha value is -1.43. The van der Waals surface area contributed by atoms with Gasteiger partial charge in [0.25, 0.3) is 11.8 Å². The summed E-state index contributed by atoms with van der Waals surface area (Å²) in [5.41, 5.74) is 0.906. The van der Waals surface area contributed by atoms with Crippen LogP contribution in [0.15, 0.2) is 4.42 Å². The lowest BCUT2D eigenvalue weighted by Gasteiger charge is -2.13. The van der Waals surface area contributed by atoms with Gasteiger partial charge in [-0.05, 0) is 20.8 Å². The largest absolute Gasteiger partial charge is 0.466 e. The maximum Gasteiger partial charge on any atom is 0.287 e. The molecule has 2 N–H and O–H groups in total. The van der Waals surface area contributed by atoms with Crippen molar-refractivity contribution in [1.29, 1.82) is 0 Å². The highest BCUT2D eigenvalue weighted by molar-refractivity contribution is 5.96. The van der Waals surface area contributed by atoms with Crippen LogP contribution in [0.25, 0.3) is 0 Å². The number of amides is 1. The third-order valence-electron chi connectivity index (χ3n) is 2.53. The number of aryl methyl sites for hydroxylation is 2. The van der Waals surface area contributed by atoms with E-state index in [0.29, 0.717) is 17.1 Å². The Balaban J connectivity index is 2.78. The summed E-state index contributed by atoms with van der Waals surface area (Å²) in [5.74, 6) is -2.95. The lowest BCUT2D eigenvalue weighted by Crippen LogP contribution is -2.39. The van der Waals surface area contributed by atoms with Gasteiger partial charge in [0.15, 0.2) is 0 Å². The third-order valence-corrected chi connectivity index (χ3v) is 2.53. The van der Waals surface area contributed by atoms with E-state index in [9.17, 15) is 13.6 Å². The maximum atomic E-state index is 12.7. The molecule has 1 heterocycles. The van der Waals surface area contributed by atoms with Crippen LogP contribution in [0.4, 0.5) is 8.78 Å². The number of rotatable bonds is 4. The highest BCUT2D eigenvalue weighted by atomic mass is 19.3. The van der Waals surface area contributed by atoms with Crippen LogP contribution in [0, 0.1) is 20.8 Å². The zero-order valence-electron chi connectivity index (χ0n) is 9.93. The van der Waals surface area contributed by atoms with Crippen molar-refractivity contribution in [1.82, 2.24) is 5.32 Å². The van der Waals surface area contributed by atoms with Gasteiger partial charge in [-0.1, -0.05) is 0 Å². The van der Waals surface area contributed by atoms with Gasteiger partial charge in [0.1, 0.15) is 18.1 Å². The maximum absolute atomic E-state index is 12.7.